The van der Waals surface area contributed by atoms with Crippen LogP contribution >= 0.6 is 7.82 Å². The topological polar surface area (TPSA) is 55.8 Å². The number of rotatable bonds is 19. The Bertz CT molecular complexity index is 323. The van der Waals surface area contributed by atoms with E-state index in [1.54, 1.807) is 6.92 Å². The van der Waals surface area contributed by atoms with Gasteiger partial charge < -0.3 is 4.89 Å². The van der Waals surface area contributed by atoms with Gasteiger partial charge in [-0.2, -0.15) is 0 Å². The van der Waals surface area contributed by atoms with Crippen LogP contribution in [0.3, 0.4) is 0 Å². The van der Waals surface area contributed by atoms with Crippen LogP contribution in [0.5, 0.6) is 0 Å². The Morgan fingerprint density at radius 3 is 1.56 bits per heavy atom. The van der Waals surface area contributed by atoms with Crippen molar-refractivity contribution in [1.82, 2.24) is 0 Å². The lowest BCUT2D eigenvalue weighted by Crippen LogP contribution is -2.07. The maximum absolute atomic E-state index is 11.5. The summed E-state index contributed by atoms with van der Waals surface area (Å²) < 4.78 is 21.3. The molecule has 0 radical (unpaired) electrons. The van der Waals surface area contributed by atoms with Gasteiger partial charge in [-0.1, -0.05) is 96.8 Å². The fourth-order valence-electron chi connectivity index (χ4n) is 3.10. The van der Waals surface area contributed by atoms with E-state index in [9.17, 15) is 9.46 Å². The second-order valence-electron chi connectivity index (χ2n) is 7.19. The minimum absolute atomic E-state index is 0.194. The van der Waals surface area contributed by atoms with Gasteiger partial charge in [0.1, 0.15) is 0 Å². The van der Waals surface area contributed by atoms with Crippen molar-refractivity contribution in [2.24, 2.45) is 0 Å². The molecule has 0 aromatic heterocycles. The van der Waals surface area contributed by atoms with Gasteiger partial charge in [0.05, 0.1) is 12.7 Å². The van der Waals surface area contributed by atoms with Crippen molar-refractivity contribution in [2.45, 2.75) is 123 Å². The first-order valence-electron chi connectivity index (χ1n) is 10.7. The first-order valence-corrected chi connectivity index (χ1v) is 12.2. The zero-order valence-electron chi connectivity index (χ0n) is 17.0. The summed E-state index contributed by atoms with van der Waals surface area (Å²) >= 11 is 0. The third-order valence-corrected chi connectivity index (χ3v) is 5.78. The highest BCUT2D eigenvalue weighted by molar-refractivity contribution is 7.47. The molecule has 25 heavy (non-hydrogen) atoms. The highest BCUT2D eigenvalue weighted by atomic mass is 31.2. The molecule has 0 saturated heterocycles. The predicted molar refractivity (Wildman–Crippen MR) is 107 cm³/mol. The maximum atomic E-state index is 11.5. The van der Waals surface area contributed by atoms with Crippen LogP contribution in [0.1, 0.15) is 117 Å². The Morgan fingerprint density at radius 2 is 1.16 bits per heavy atom. The van der Waals surface area contributed by atoms with Crippen LogP contribution in [-0.2, 0) is 13.6 Å². The molecule has 0 fully saturated rings. The van der Waals surface area contributed by atoms with Gasteiger partial charge >= 0.3 is 7.82 Å². The second kappa shape index (κ2) is 17.5. The molecule has 0 rings (SSSR count). The van der Waals surface area contributed by atoms with Crippen molar-refractivity contribution in [3.8, 4) is 0 Å². The number of hydrogen-bond donors (Lipinski definition) is 1. The highest BCUT2D eigenvalue weighted by Gasteiger charge is 2.23. The van der Waals surface area contributed by atoms with Gasteiger partial charge in [0.2, 0.25) is 0 Å². The fourth-order valence-corrected chi connectivity index (χ4v) is 4.05. The maximum Gasteiger partial charge on any atom is 0.472 e. The van der Waals surface area contributed by atoms with E-state index >= 15 is 0 Å². The summed E-state index contributed by atoms with van der Waals surface area (Å²) in [6.45, 7) is 5.98. The third kappa shape index (κ3) is 18.7. The van der Waals surface area contributed by atoms with Crippen LogP contribution in [0, 0.1) is 0 Å². The van der Waals surface area contributed by atoms with Crippen molar-refractivity contribution in [3.05, 3.63) is 0 Å². The zero-order valence-corrected chi connectivity index (χ0v) is 17.9. The lowest BCUT2D eigenvalue weighted by atomic mass is 10.0. The Labute approximate surface area is 156 Å². The van der Waals surface area contributed by atoms with Crippen LogP contribution in [0.4, 0.5) is 0 Å². The van der Waals surface area contributed by atoms with E-state index in [1.165, 1.54) is 83.5 Å². The number of phosphoric ester groups is 1. The molecular formula is C20H43O4P. The SMILES string of the molecule is CCCCCCCCCCCCCCCCC(C)OP(=O)(O)OCC. The van der Waals surface area contributed by atoms with Crippen molar-refractivity contribution < 1.29 is 18.5 Å². The third-order valence-electron chi connectivity index (χ3n) is 4.57. The summed E-state index contributed by atoms with van der Waals surface area (Å²) in [6, 6.07) is 0. The molecule has 0 aromatic rings. The molecule has 1 N–H and O–H groups in total. The quantitative estimate of drug-likeness (QED) is 0.188. The van der Waals surface area contributed by atoms with Crippen LogP contribution in [0.25, 0.3) is 0 Å². The minimum Gasteiger partial charge on any atom is -0.302 e. The molecule has 0 amide bonds. The first-order chi connectivity index (χ1) is 12.0. The van der Waals surface area contributed by atoms with Crippen molar-refractivity contribution in [2.75, 3.05) is 6.61 Å². The average molecular weight is 379 g/mol. The molecule has 2 unspecified atom stereocenters. The van der Waals surface area contributed by atoms with Crippen LogP contribution in [0.15, 0.2) is 0 Å². The van der Waals surface area contributed by atoms with Crippen LogP contribution in [-0.4, -0.2) is 17.6 Å². The van der Waals surface area contributed by atoms with Gasteiger partial charge in [-0.25, -0.2) is 4.57 Å². The molecule has 4 nitrogen and oxygen atoms in total. The van der Waals surface area contributed by atoms with E-state index < -0.39 is 7.82 Å². The Hall–Kier alpha value is 0.110. The van der Waals surface area contributed by atoms with Crippen molar-refractivity contribution >= 4 is 7.82 Å². The number of unbranched alkanes of at least 4 members (excludes halogenated alkanes) is 13. The van der Waals surface area contributed by atoms with Crippen LogP contribution in [0.2, 0.25) is 0 Å². The molecule has 5 heteroatoms. The van der Waals surface area contributed by atoms with E-state index in [1.807, 2.05) is 6.92 Å². The van der Waals surface area contributed by atoms with Crippen molar-refractivity contribution in [1.29, 1.82) is 0 Å². The fraction of sp³-hybridized carbons (Fsp3) is 1.00. The van der Waals surface area contributed by atoms with E-state index in [0.717, 1.165) is 12.8 Å². The van der Waals surface area contributed by atoms with Gasteiger partial charge in [-0.15, -0.1) is 0 Å². The highest BCUT2D eigenvalue weighted by Crippen LogP contribution is 2.44. The van der Waals surface area contributed by atoms with E-state index in [-0.39, 0.29) is 12.7 Å². The predicted octanol–water partition coefficient (Wildman–Crippen LogP) is 7.40. The molecule has 0 aliphatic rings. The van der Waals surface area contributed by atoms with E-state index in [0.29, 0.717) is 0 Å². The largest absolute Gasteiger partial charge is 0.472 e. The molecule has 0 aliphatic heterocycles. The summed E-state index contributed by atoms with van der Waals surface area (Å²) in [4.78, 5) is 9.41. The molecule has 2 atom stereocenters. The molecular weight excluding hydrogens is 335 g/mol. The smallest absolute Gasteiger partial charge is 0.302 e. The molecule has 0 aliphatic carbocycles. The zero-order chi connectivity index (χ0) is 18.8. The normalized spacial score (nSPS) is 15.2. The second-order valence-corrected chi connectivity index (χ2v) is 8.59. The summed E-state index contributed by atoms with van der Waals surface area (Å²) in [5.74, 6) is 0. The molecule has 0 bridgehead atoms. The lowest BCUT2D eigenvalue weighted by molar-refractivity contribution is 0.110. The van der Waals surface area contributed by atoms with Gasteiger partial charge in [-0.3, -0.25) is 9.05 Å². The number of phosphoric acid groups is 1. The Kier molecular flexibility index (Phi) is 17.6. The van der Waals surface area contributed by atoms with Gasteiger partial charge in [0.25, 0.3) is 0 Å². The van der Waals surface area contributed by atoms with Gasteiger partial charge in [0.15, 0.2) is 0 Å². The Morgan fingerprint density at radius 1 is 0.760 bits per heavy atom. The summed E-state index contributed by atoms with van der Waals surface area (Å²) in [7, 11) is -3.84. The van der Waals surface area contributed by atoms with Gasteiger partial charge in [-0.05, 0) is 20.3 Å². The summed E-state index contributed by atoms with van der Waals surface area (Å²) in [5, 5.41) is 0. The first kappa shape index (κ1) is 25.1. The summed E-state index contributed by atoms with van der Waals surface area (Å²) in [6.07, 6.45) is 19.3. The lowest BCUT2D eigenvalue weighted by Gasteiger charge is -2.16. The molecule has 0 saturated carbocycles. The number of hydrogen-bond acceptors (Lipinski definition) is 3. The summed E-state index contributed by atoms with van der Waals surface area (Å²) in [5.41, 5.74) is 0. The van der Waals surface area contributed by atoms with Crippen LogP contribution < -0.4 is 0 Å². The molecule has 0 spiro atoms. The Balaban J connectivity index is 3.27. The van der Waals surface area contributed by atoms with E-state index in [4.69, 9.17) is 9.05 Å². The molecule has 0 heterocycles. The molecule has 152 valence electrons. The average Bonchev–Trinajstić information content (AvgIpc) is 2.54. The van der Waals surface area contributed by atoms with Crippen molar-refractivity contribution in [3.63, 3.8) is 0 Å². The monoisotopic (exact) mass is 378 g/mol. The van der Waals surface area contributed by atoms with E-state index in [2.05, 4.69) is 6.92 Å². The minimum atomic E-state index is -3.84. The molecule has 0 aromatic carbocycles. The van der Waals surface area contributed by atoms with Gasteiger partial charge in [0, 0.05) is 0 Å². The standard InChI is InChI=1S/C20H43O4P/c1-4-6-7-8-9-10-11-12-13-14-15-16-17-18-19-20(3)24-25(21,22)23-5-2/h20H,4-19H2,1-3H3,(H,21,22).